The zero-order chi connectivity index (χ0) is 12.9. The van der Waals surface area contributed by atoms with Crippen molar-refractivity contribution >= 4 is 0 Å². The van der Waals surface area contributed by atoms with Gasteiger partial charge in [-0.3, -0.25) is 0 Å². The van der Waals surface area contributed by atoms with Crippen molar-refractivity contribution in [2.45, 2.75) is 52.7 Å². The van der Waals surface area contributed by atoms with E-state index in [-0.39, 0.29) is 5.60 Å². The third kappa shape index (κ3) is 4.78. The van der Waals surface area contributed by atoms with Crippen molar-refractivity contribution in [3.05, 3.63) is 29.8 Å². The summed E-state index contributed by atoms with van der Waals surface area (Å²) >= 11 is 0. The van der Waals surface area contributed by atoms with Crippen molar-refractivity contribution in [1.82, 2.24) is 5.32 Å². The lowest BCUT2D eigenvalue weighted by atomic mass is 10.0. The molecule has 0 radical (unpaired) electrons. The Labute approximate surface area is 105 Å². The molecule has 0 heterocycles. The summed E-state index contributed by atoms with van der Waals surface area (Å²) in [5.74, 6) is 0.950. The molecule has 0 saturated heterocycles. The minimum absolute atomic E-state index is 0.140. The van der Waals surface area contributed by atoms with E-state index in [0.29, 0.717) is 6.04 Å². The second kappa shape index (κ2) is 6.06. The average Bonchev–Trinajstić information content (AvgIpc) is 2.24. The van der Waals surface area contributed by atoms with E-state index in [1.54, 1.807) is 0 Å². The number of rotatable bonds is 5. The molecule has 0 spiro atoms. The summed E-state index contributed by atoms with van der Waals surface area (Å²) in [7, 11) is 0. The Morgan fingerprint density at radius 2 is 1.94 bits per heavy atom. The Morgan fingerprint density at radius 1 is 1.24 bits per heavy atom. The predicted molar refractivity (Wildman–Crippen MR) is 73.5 cm³/mol. The van der Waals surface area contributed by atoms with Gasteiger partial charge in [-0.05, 0) is 51.4 Å². The van der Waals surface area contributed by atoms with Crippen LogP contribution in [0, 0.1) is 0 Å². The van der Waals surface area contributed by atoms with Crippen molar-refractivity contribution in [3.63, 3.8) is 0 Å². The summed E-state index contributed by atoms with van der Waals surface area (Å²) < 4.78 is 5.89. The van der Waals surface area contributed by atoms with Crippen molar-refractivity contribution in [2.24, 2.45) is 0 Å². The Kier molecular flexibility index (Phi) is 5.01. The third-order valence-corrected chi connectivity index (χ3v) is 2.54. The van der Waals surface area contributed by atoms with Gasteiger partial charge < -0.3 is 10.1 Å². The minimum Gasteiger partial charge on any atom is -0.488 e. The first-order valence-electron chi connectivity index (χ1n) is 6.48. The number of benzene rings is 1. The number of nitrogens with one attached hydrogen (secondary N) is 1. The van der Waals surface area contributed by atoms with Gasteiger partial charge in [-0.25, -0.2) is 0 Å². The zero-order valence-electron chi connectivity index (χ0n) is 11.7. The summed E-state index contributed by atoms with van der Waals surface area (Å²) in [5.41, 5.74) is 1.16. The summed E-state index contributed by atoms with van der Waals surface area (Å²) in [4.78, 5) is 0. The SMILES string of the molecule is CCNC(CC)c1cccc(OC(C)(C)C)c1. The number of ether oxygens (including phenoxy) is 1. The highest BCUT2D eigenvalue weighted by atomic mass is 16.5. The quantitative estimate of drug-likeness (QED) is 0.835. The van der Waals surface area contributed by atoms with E-state index in [1.165, 1.54) is 5.56 Å². The monoisotopic (exact) mass is 235 g/mol. The molecule has 96 valence electrons. The second-order valence-electron chi connectivity index (χ2n) is 5.31. The fraction of sp³-hybridized carbons (Fsp3) is 0.600. The first-order valence-corrected chi connectivity index (χ1v) is 6.48. The van der Waals surface area contributed by atoms with E-state index in [4.69, 9.17) is 4.74 Å². The van der Waals surface area contributed by atoms with E-state index in [9.17, 15) is 0 Å². The van der Waals surface area contributed by atoms with E-state index >= 15 is 0 Å². The van der Waals surface area contributed by atoms with Crippen LogP contribution in [0.2, 0.25) is 0 Å². The largest absolute Gasteiger partial charge is 0.488 e. The fourth-order valence-corrected chi connectivity index (χ4v) is 1.89. The molecule has 17 heavy (non-hydrogen) atoms. The number of hydrogen-bond acceptors (Lipinski definition) is 2. The molecule has 0 aliphatic rings. The van der Waals surface area contributed by atoms with Gasteiger partial charge in [-0.1, -0.05) is 26.0 Å². The maximum Gasteiger partial charge on any atom is 0.120 e. The molecule has 1 aromatic carbocycles. The van der Waals surface area contributed by atoms with Gasteiger partial charge in [0.1, 0.15) is 11.4 Å². The first-order chi connectivity index (χ1) is 7.96. The van der Waals surface area contributed by atoms with Gasteiger partial charge in [0.25, 0.3) is 0 Å². The summed E-state index contributed by atoms with van der Waals surface area (Å²) in [6.45, 7) is 11.5. The van der Waals surface area contributed by atoms with Crippen LogP contribution in [0.1, 0.15) is 52.6 Å². The van der Waals surface area contributed by atoms with Crippen LogP contribution in [-0.2, 0) is 0 Å². The van der Waals surface area contributed by atoms with E-state index in [1.807, 2.05) is 6.07 Å². The molecule has 0 aliphatic carbocycles. The van der Waals surface area contributed by atoms with E-state index < -0.39 is 0 Å². The normalized spacial score (nSPS) is 13.5. The topological polar surface area (TPSA) is 21.3 Å². The molecule has 2 nitrogen and oxygen atoms in total. The molecular formula is C15H25NO. The van der Waals surface area contributed by atoms with Crippen LogP contribution in [0.5, 0.6) is 5.75 Å². The van der Waals surface area contributed by atoms with Gasteiger partial charge in [0.2, 0.25) is 0 Å². The molecule has 0 fully saturated rings. The summed E-state index contributed by atoms with van der Waals surface area (Å²) in [6, 6.07) is 8.81. The van der Waals surface area contributed by atoms with Gasteiger partial charge in [0, 0.05) is 6.04 Å². The fourth-order valence-electron chi connectivity index (χ4n) is 1.89. The van der Waals surface area contributed by atoms with Crippen molar-refractivity contribution in [1.29, 1.82) is 0 Å². The van der Waals surface area contributed by atoms with Crippen molar-refractivity contribution < 1.29 is 4.74 Å². The molecule has 0 aliphatic heterocycles. The zero-order valence-corrected chi connectivity index (χ0v) is 11.7. The van der Waals surface area contributed by atoms with Crippen LogP contribution in [-0.4, -0.2) is 12.1 Å². The van der Waals surface area contributed by atoms with Gasteiger partial charge in [0.05, 0.1) is 0 Å². The molecule has 0 saturated carbocycles. The lowest BCUT2D eigenvalue weighted by Crippen LogP contribution is -2.23. The summed E-state index contributed by atoms with van der Waals surface area (Å²) in [6.07, 6.45) is 1.09. The average molecular weight is 235 g/mol. The molecule has 0 amide bonds. The molecule has 0 aromatic heterocycles. The highest BCUT2D eigenvalue weighted by Crippen LogP contribution is 2.24. The lowest BCUT2D eigenvalue weighted by Gasteiger charge is -2.23. The molecule has 1 rings (SSSR count). The maximum absolute atomic E-state index is 5.89. The van der Waals surface area contributed by atoms with Gasteiger partial charge in [-0.15, -0.1) is 0 Å². The predicted octanol–water partition coefficient (Wildman–Crippen LogP) is 3.92. The van der Waals surface area contributed by atoms with E-state index in [2.05, 4.69) is 58.1 Å². The molecule has 1 aromatic rings. The van der Waals surface area contributed by atoms with E-state index in [0.717, 1.165) is 18.7 Å². The Balaban J connectivity index is 2.84. The van der Waals surface area contributed by atoms with Crippen molar-refractivity contribution in [2.75, 3.05) is 6.54 Å². The third-order valence-electron chi connectivity index (χ3n) is 2.54. The van der Waals surface area contributed by atoms with Gasteiger partial charge in [-0.2, -0.15) is 0 Å². The standard InChI is InChI=1S/C15H25NO/c1-6-14(16-7-2)12-9-8-10-13(11-12)17-15(3,4)5/h8-11,14,16H,6-7H2,1-5H3. The molecule has 1 atom stereocenters. The van der Waals surface area contributed by atoms with Gasteiger partial charge in [0.15, 0.2) is 0 Å². The van der Waals surface area contributed by atoms with Gasteiger partial charge >= 0.3 is 0 Å². The molecular weight excluding hydrogens is 210 g/mol. The van der Waals surface area contributed by atoms with Crippen molar-refractivity contribution in [3.8, 4) is 5.75 Å². The van der Waals surface area contributed by atoms with Crippen LogP contribution >= 0.6 is 0 Å². The Hall–Kier alpha value is -1.02. The lowest BCUT2D eigenvalue weighted by molar-refractivity contribution is 0.130. The highest BCUT2D eigenvalue weighted by Gasteiger charge is 2.13. The molecule has 2 heteroatoms. The highest BCUT2D eigenvalue weighted by molar-refractivity contribution is 5.31. The Bertz CT molecular complexity index is 341. The first kappa shape index (κ1) is 14.0. The van der Waals surface area contributed by atoms with Crippen LogP contribution in [0.4, 0.5) is 0 Å². The van der Waals surface area contributed by atoms with Crippen LogP contribution in [0.25, 0.3) is 0 Å². The maximum atomic E-state index is 5.89. The molecule has 0 bridgehead atoms. The Morgan fingerprint density at radius 3 is 2.47 bits per heavy atom. The molecule has 1 N–H and O–H groups in total. The smallest absolute Gasteiger partial charge is 0.120 e. The minimum atomic E-state index is -0.140. The summed E-state index contributed by atoms with van der Waals surface area (Å²) in [5, 5.41) is 3.48. The number of hydrogen-bond donors (Lipinski definition) is 1. The molecule has 1 unspecified atom stereocenters. The van der Waals surface area contributed by atoms with Crippen LogP contribution < -0.4 is 10.1 Å². The van der Waals surface area contributed by atoms with Crippen LogP contribution in [0.3, 0.4) is 0 Å². The van der Waals surface area contributed by atoms with Crippen LogP contribution in [0.15, 0.2) is 24.3 Å². The second-order valence-corrected chi connectivity index (χ2v) is 5.31.